The van der Waals surface area contributed by atoms with Gasteiger partial charge < -0.3 is 5.11 Å². The van der Waals surface area contributed by atoms with Gasteiger partial charge in [0.05, 0.1) is 6.10 Å². The van der Waals surface area contributed by atoms with Gasteiger partial charge in [-0.2, -0.15) is 0 Å². The summed E-state index contributed by atoms with van der Waals surface area (Å²) >= 11 is 0. The molecule has 4 atom stereocenters. The van der Waals surface area contributed by atoms with Gasteiger partial charge in [0.25, 0.3) is 0 Å². The molecule has 4 unspecified atom stereocenters. The third kappa shape index (κ3) is 16.7. The Morgan fingerprint density at radius 3 is 1.48 bits per heavy atom. The van der Waals surface area contributed by atoms with Crippen LogP contribution in [0.25, 0.3) is 0 Å². The molecule has 0 radical (unpaired) electrons. The SMILES string of the molecule is C=CCCC1CCC(O)CC1.CC(C)CCC(C)C(C)/C=C\C(C)C(C)CCC(C)C. The summed E-state index contributed by atoms with van der Waals surface area (Å²) in [4.78, 5) is 0. The van der Waals surface area contributed by atoms with Crippen LogP contribution < -0.4 is 0 Å². The molecule has 0 aromatic rings. The Labute approximate surface area is 197 Å². The van der Waals surface area contributed by atoms with E-state index in [9.17, 15) is 5.11 Å². The predicted molar refractivity (Wildman–Crippen MR) is 141 cm³/mol. The smallest absolute Gasteiger partial charge is 0.0540 e. The van der Waals surface area contributed by atoms with Crippen LogP contribution >= 0.6 is 0 Å². The normalized spacial score (nSPS) is 23.3. The van der Waals surface area contributed by atoms with Crippen molar-refractivity contribution in [1.82, 2.24) is 0 Å². The molecule has 1 nitrogen and oxygen atoms in total. The predicted octanol–water partition coefficient (Wildman–Crippen LogP) is 9.46. The minimum absolute atomic E-state index is 0.00465. The van der Waals surface area contributed by atoms with E-state index in [2.05, 4.69) is 74.1 Å². The van der Waals surface area contributed by atoms with E-state index in [-0.39, 0.29) is 6.10 Å². The molecule has 0 aliphatic heterocycles. The first-order valence-electron chi connectivity index (χ1n) is 13.5. The molecule has 0 spiro atoms. The Morgan fingerprint density at radius 1 is 0.710 bits per heavy atom. The van der Waals surface area contributed by atoms with Crippen molar-refractivity contribution >= 4 is 0 Å². The van der Waals surface area contributed by atoms with E-state index in [4.69, 9.17) is 0 Å². The Bertz CT molecular complexity index is 415. The summed E-state index contributed by atoms with van der Waals surface area (Å²) in [5.41, 5.74) is 0. The summed E-state index contributed by atoms with van der Waals surface area (Å²) < 4.78 is 0. The van der Waals surface area contributed by atoms with Crippen molar-refractivity contribution in [2.45, 2.75) is 126 Å². The van der Waals surface area contributed by atoms with Crippen molar-refractivity contribution in [2.24, 2.45) is 41.4 Å². The van der Waals surface area contributed by atoms with Gasteiger partial charge in [0.1, 0.15) is 0 Å². The molecule has 1 aliphatic carbocycles. The molecule has 184 valence electrons. The minimum atomic E-state index is -0.00465. The highest BCUT2D eigenvalue weighted by Gasteiger charge is 2.18. The maximum atomic E-state index is 9.23. The van der Waals surface area contributed by atoms with Crippen molar-refractivity contribution in [3.8, 4) is 0 Å². The highest BCUT2D eigenvalue weighted by Crippen LogP contribution is 2.27. The van der Waals surface area contributed by atoms with Crippen LogP contribution in [0.1, 0.15) is 120 Å². The van der Waals surface area contributed by atoms with Gasteiger partial charge in [0, 0.05) is 0 Å². The minimum Gasteiger partial charge on any atom is -0.393 e. The van der Waals surface area contributed by atoms with E-state index >= 15 is 0 Å². The molecule has 1 rings (SSSR count). The maximum Gasteiger partial charge on any atom is 0.0540 e. The molecule has 1 heteroatoms. The van der Waals surface area contributed by atoms with Gasteiger partial charge >= 0.3 is 0 Å². The Hall–Kier alpha value is -0.560. The number of rotatable bonds is 13. The molecule has 1 fully saturated rings. The second-order valence-corrected chi connectivity index (χ2v) is 11.5. The van der Waals surface area contributed by atoms with Gasteiger partial charge in [-0.1, -0.05) is 86.5 Å². The van der Waals surface area contributed by atoms with Crippen LogP contribution in [0.4, 0.5) is 0 Å². The van der Waals surface area contributed by atoms with Crippen LogP contribution in [-0.4, -0.2) is 11.2 Å². The van der Waals surface area contributed by atoms with Crippen molar-refractivity contribution in [1.29, 1.82) is 0 Å². The molecule has 0 aromatic heterocycles. The number of aliphatic hydroxyl groups is 1. The molecule has 1 aliphatic rings. The third-order valence-corrected chi connectivity index (χ3v) is 7.51. The number of hydrogen-bond acceptors (Lipinski definition) is 1. The standard InChI is InChI=1S/C20H40.C10H18O/c1-15(2)9-11-17(5)19(7)13-14-20(8)18(6)12-10-16(3)4;1-2-3-4-9-5-7-10(11)8-6-9/h13-20H,9-12H2,1-8H3;2,9-11H,1,3-8H2/b14-13-;. The highest BCUT2D eigenvalue weighted by molar-refractivity contribution is 4.93. The van der Waals surface area contributed by atoms with E-state index < -0.39 is 0 Å². The van der Waals surface area contributed by atoms with Gasteiger partial charge in [0.15, 0.2) is 0 Å². The van der Waals surface area contributed by atoms with Gasteiger partial charge in [-0.05, 0) is 92.8 Å². The lowest BCUT2D eigenvalue weighted by molar-refractivity contribution is 0.107. The molecule has 1 N–H and O–H groups in total. The fourth-order valence-corrected chi connectivity index (χ4v) is 4.24. The quantitative estimate of drug-likeness (QED) is 0.286. The summed E-state index contributed by atoms with van der Waals surface area (Å²) in [6.45, 7) is 22.6. The van der Waals surface area contributed by atoms with Crippen molar-refractivity contribution < 1.29 is 5.11 Å². The van der Waals surface area contributed by atoms with E-state index in [1.54, 1.807) is 0 Å². The summed E-state index contributed by atoms with van der Waals surface area (Å²) in [7, 11) is 0. The largest absolute Gasteiger partial charge is 0.393 e. The Morgan fingerprint density at radius 2 is 1.13 bits per heavy atom. The first kappa shape index (κ1) is 30.4. The second kappa shape index (κ2) is 17.9. The summed E-state index contributed by atoms with van der Waals surface area (Å²) in [5.74, 6) is 5.59. The summed E-state index contributed by atoms with van der Waals surface area (Å²) in [6.07, 6.45) is 19.3. The average Bonchev–Trinajstić information content (AvgIpc) is 2.73. The van der Waals surface area contributed by atoms with Gasteiger partial charge in [0.2, 0.25) is 0 Å². The fourth-order valence-electron chi connectivity index (χ4n) is 4.24. The van der Waals surface area contributed by atoms with Crippen molar-refractivity contribution in [3.63, 3.8) is 0 Å². The molecule has 31 heavy (non-hydrogen) atoms. The van der Waals surface area contributed by atoms with E-state index in [1.165, 1.54) is 44.9 Å². The molecule has 0 bridgehead atoms. The van der Waals surface area contributed by atoms with E-state index in [0.29, 0.717) is 11.8 Å². The fraction of sp³-hybridized carbons (Fsp3) is 0.867. The molecular formula is C30H58O. The Kier molecular flexibility index (Phi) is 17.6. The third-order valence-electron chi connectivity index (χ3n) is 7.51. The number of allylic oxidation sites excluding steroid dienone is 3. The van der Waals surface area contributed by atoms with Gasteiger partial charge in [-0.25, -0.2) is 0 Å². The van der Waals surface area contributed by atoms with Crippen LogP contribution in [-0.2, 0) is 0 Å². The zero-order valence-corrected chi connectivity index (χ0v) is 22.6. The first-order valence-corrected chi connectivity index (χ1v) is 13.5. The van der Waals surface area contributed by atoms with Crippen LogP contribution in [0.5, 0.6) is 0 Å². The van der Waals surface area contributed by atoms with Crippen molar-refractivity contribution in [3.05, 3.63) is 24.8 Å². The zero-order valence-electron chi connectivity index (χ0n) is 22.6. The van der Waals surface area contributed by atoms with E-state index in [0.717, 1.165) is 48.9 Å². The van der Waals surface area contributed by atoms with Crippen LogP contribution in [0, 0.1) is 41.4 Å². The summed E-state index contributed by atoms with van der Waals surface area (Å²) in [6, 6.07) is 0. The molecule has 0 saturated heterocycles. The lowest BCUT2D eigenvalue weighted by atomic mass is 9.85. The van der Waals surface area contributed by atoms with Gasteiger partial charge in [-0.3, -0.25) is 0 Å². The Balaban J connectivity index is 0.000000683. The average molecular weight is 435 g/mol. The molecular weight excluding hydrogens is 376 g/mol. The first-order chi connectivity index (χ1) is 14.6. The number of hydrogen-bond donors (Lipinski definition) is 1. The molecule has 0 heterocycles. The zero-order chi connectivity index (χ0) is 23.8. The topological polar surface area (TPSA) is 20.2 Å². The number of aliphatic hydroxyl groups excluding tert-OH is 1. The van der Waals surface area contributed by atoms with E-state index in [1.807, 2.05) is 6.08 Å². The van der Waals surface area contributed by atoms with Gasteiger partial charge in [-0.15, -0.1) is 6.58 Å². The summed E-state index contributed by atoms with van der Waals surface area (Å²) in [5, 5.41) is 9.23. The van der Waals surface area contributed by atoms with Crippen molar-refractivity contribution in [2.75, 3.05) is 0 Å². The molecule has 0 aromatic carbocycles. The lowest BCUT2D eigenvalue weighted by Crippen LogP contribution is -2.17. The molecule has 1 saturated carbocycles. The monoisotopic (exact) mass is 434 g/mol. The highest BCUT2D eigenvalue weighted by atomic mass is 16.3. The maximum absolute atomic E-state index is 9.23. The lowest BCUT2D eigenvalue weighted by Gasteiger charge is -2.24. The second-order valence-electron chi connectivity index (χ2n) is 11.5. The van der Waals surface area contributed by atoms with Crippen LogP contribution in [0.3, 0.4) is 0 Å². The van der Waals surface area contributed by atoms with Crippen LogP contribution in [0.2, 0.25) is 0 Å². The van der Waals surface area contributed by atoms with Crippen LogP contribution in [0.15, 0.2) is 24.8 Å². The molecule has 0 amide bonds.